The molecule has 4 aliphatic rings. The van der Waals surface area contributed by atoms with Crippen molar-refractivity contribution >= 4 is 120 Å². The van der Waals surface area contributed by atoms with Gasteiger partial charge in [-0.05, 0) is 150 Å². The molecule has 0 radical (unpaired) electrons. The minimum Gasteiger partial charge on any atom is -0.480 e. The van der Waals surface area contributed by atoms with Crippen molar-refractivity contribution in [1.82, 2.24) is 14.7 Å². The van der Waals surface area contributed by atoms with Gasteiger partial charge in [0.05, 0.1) is 96.7 Å². The normalized spacial score (nSPS) is 19.7. The van der Waals surface area contributed by atoms with Gasteiger partial charge in [-0.3, -0.25) is 0 Å². The summed E-state index contributed by atoms with van der Waals surface area (Å²) in [7, 11) is 3.95. The third-order valence-electron chi connectivity index (χ3n) is 20.0. The van der Waals surface area contributed by atoms with E-state index < -0.39 is 105 Å². The number of likely N-dealkylation sites (N-methyl/N-ethyl adjacent to an activating group) is 3. The number of nitrogens with zero attached hydrogens (tertiary/aromatic N) is 3. The van der Waals surface area contributed by atoms with Gasteiger partial charge < -0.3 is 67.0 Å². The molecule has 0 aromatic heterocycles. The van der Waals surface area contributed by atoms with Crippen molar-refractivity contribution in [3.8, 4) is 17.2 Å². The van der Waals surface area contributed by atoms with Gasteiger partial charge in [-0.25, -0.2) is 27.6 Å². The molecule has 0 saturated carbocycles. The van der Waals surface area contributed by atoms with Crippen LogP contribution in [0.3, 0.4) is 0 Å². The van der Waals surface area contributed by atoms with Gasteiger partial charge in [-0.1, -0.05) is 245 Å². The number of hydrogen-bond donors (Lipinski definition) is 1. The van der Waals surface area contributed by atoms with Crippen LogP contribution in [0, 0.1) is 17.5 Å². The average molecular weight is 1950 g/mol. The number of amides is 3. The number of rotatable bonds is 19. The molecule has 0 spiro atoms. The molecule has 119 heavy (non-hydrogen) atoms. The van der Waals surface area contributed by atoms with E-state index in [0.29, 0.717) is 53.5 Å². The highest BCUT2D eigenvalue weighted by Crippen LogP contribution is 2.58. The fourth-order valence-corrected chi connectivity index (χ4v) is 16.0. The van der Waals surface area contributed by atoms with Crippen LogP contribution in [0.2, 0.25) is 15.1 Å². The van der Waals surface area contributed by atoms with Crippen LogP contribution in [0.25, 0.3) is 0 Å². The Hall–Kier alpha value is -6.82. The Labute approximate surface area is 747 Å². The first-order valence-electron chi connectivity index (χ1n) is 38.4. The Morgan fingerprint density at radius 1 is 0.462 bits per heavy atom. The van der Waals surface area contributed by atoms with Gasteiger partial charge in [0.15, 0.2) is 16.8 Å². The standard InChI is InChI=1S/C35H42BClFNO6.C29H30BrClFNO4.C22H24BrClFNO4.C4H9I.2CH4/c1-32(2,3)43-31(40)39(8)22-35(24-17-13-10-14-18-24)25(21-41-20-23-15-11-9-12-16-23)28-27(42-35)19-26(38)30(37)29(28)36-44-33(4,5)34(6,7)45-36;1-28(2,3)37-27(34)33(4)18-29(20-13-9-6-10-14-20)21(17-35-16-19-11-7-5-8-12-19)24-23(36-29)15-22(32)26(31)25(24)30;1-21(2,3)30-20(28)26(4)12-22(13-8-6-5-7-9-13)14(11-27)17-16(29-22)10-15(25)19(24)18(17)23;1-4(2,3)5;;/h9-19,25H,20-22H2,1-8H3;5-15,21H,16-18H2,1-4H3;5-10,14,27H,11-12H2,1-4H3;1-3H3;2*1H4/t25-,35+;21-,29+;14-,22+;;;/m000.../s1. The molecular formula is C92H113BBr2Cl3F3IN3O14. The van der Waals surface area contributed by atoms with E-state index in [2.05, 4.69) is 75.2 Å². The van der Waals surface area contributed by atoms with Gasteiger partial charge in [-0.15, -0.1) is 0 Å². The average Bonchev–Trinajstić information content (AvgIpc) is 1.58. The molecule has 12 rings (SSSR count). The van der Waals surface area contributed by atoms with E-state index in [1.807, 2.05) is 221 Å². The molecule has 0 bridgehead atoms. The Balaban J connectivity index is 0.000000241. The summed E-state index contributed by atoms with van der Waals surface area (Å²) in [4.78, 5) is 43.4. The zero-order valence-corrected chi connectivity index (χ0v) is 77.2. The maximum atomic E-state index is 15.7. The zero-order chi connectivity index (χ0) is 86.3. The maximum absolute atomic E-state index is 15.7. The molecular weight excluding hydrogens is 1830 g/mol. The minimum absolute atomic E-state index is 0. The van der Waals surface area contributed by atoms with Crippen LogP contribution in [0.15, 0.2) is 179 Å². The Kier molecular flexibility index (Phi) is 33.6. The summed E-state index contributed by atoms with van der Waals surface area (Å²) in [6.45, 7) is 31.6. The van der Waals surface area contributed by atoms with Crippen molar-refractivity contribution in [2.45, 2.75) is 205 Å². The van der Waals surface area contributed by atoms with Crippen LogP contribution >= 0.6 is 89.3 Å². The summed E-state index contributed by atoms with van der Waals surface area (Å²) in [6.07, 6.45) is -1.54. The van der Waals surface area contributed by atoms with Crippen molar-refractivity contribution < 1.29 is 79.9 Å². The van der Waals surface area contributed by atoms with Crippen LogP contribution in [0.4, 0.5) is 27.6 Å². The quantitative estimate of drug-likeness (QED) is 0.0266. The monoisotopic (exact) mass is 1940 g/mol. The van der Waals surface area contributed by atoms with Gasteiger partial charge in [0.25, 0.3) is 0 Å². The fourth-order valence-electron chi connectivity index (χ4n) is 14.1. The van der Waals surface area contributed by atoms with Crippen molar-refractivity contribution in [1.29, 1.82) is 0 Å². The highest BCUT2D eigenvalue weighted by Gasteiger charge is 2.60. The number of ether oxygens (including phenoxy) is 8. The number of aliphatic hydroxyl groups excluding tert-OH is 1. The summed E-state index contributed by atoms with van der Waals surface area (Å²) in [5, 5.41) is 10.1. The molecule has 8 aromatic carbocycles. The second-order valence-corrected chi connectivity index (χ2v) is 40.3. The molecule has 646 valence electrons. The van der Waals surface area contributed by atoms with Crippen molar-refractivity contribution in [3.05, 3.63) is 256 Å². The SMILES string of the molecule is C.C.CC(C)(C)I.CN(C[C@]1(c2ccccc2)Oc2cc(F)c(Cl)c(B3OC(C)(C)C(C)(C)O3)c2[C@@H]1COCc1ccccc1)C(=O)OC(C)(C)C.CN(C[C@]1(c2ccccc2)Oc2cc(F)c(Cl)c(Br)c2[C@@H]1CO)C(=O)OC(C)(C)C.CN(C[C@]1(c2ccccc2)Oc2cc(F)c(Cl)c(Br)c2[C@@H]1COCc1ccccc1)C(=O)OC(C)(C)C. The molecule has 1 fully saturated rings. The smallest absolute Gasteiger partial charge is 0.480 e. The van der Waals surface area contributed by atoms with E-state index >= 15 is 4.39 Å². The summed E-state index contributed by atoms with van der Waals surface area (Å²) in [6, 6.07) is 51.9. The predicted octanol–water partition coefficient (Wildman–Crippen LogP) is 23.9. The molecule has 17 nitrogen and oxygen atoms in total. The van der Waals surface area contributed by atoms with Crippen molar-refractivity contribution in [2.75, 3.05) is 60.6 Å². The number of alkyl halides is 1. The summed E-state index contributed by atoms with van der Waals surface area (Å²) in [5.74, 6) is -2.57. The van der Waals surface area contributed by atoms with Crippen molar-refractivity contribution in [2.24, 2.45) is 0 Å². The van der Waals surface area contributed by atoms with Gasteiger partial charge in [0, 0.05) is 73.9 Å². The van der Waals surface area contributed by atoms with Crippen LogP contribution in [-0.2, 0) is 63.0 Å². The molecule has 8 aromatic rings. The summed E-state index contributed by atoms with van der Waals surface area (Å²) in [5.41, 5.74) is -0.316. The third-order valence-corrected chi connectivity index (χ3v) is 23.2. The minimum atomic E-state index is -1.21. The number of carbonyl (C=O) groups is 3. The summed E-state index contributed by atoms with van der Waals surface area (Å²) < 4.78 is 108. The van der Waals surface area contributed by atoms with Crippen LogP contribution in [0.5, 0.6) is 17.2 Å². The lowest BCUT2D eigenvalue weighted by atomic mass is 9.69. The number of halogens is 9. The van der Waals surface area contributed by atoms with Gasteiger partial charge >= 0.3 is 25.4 Å². The lowest BCUT2D eigenvalue weighted by molar-refractivity contribution is -0.0201. The molecule has 1 N–H and O–H groups in total. The summed E-state index contributed by atoms with van der Waals surface area (Å²) >= 11 is 28.5. The Morgan fingerprint density at radius 3 is 1.02 bits per heavy atom. The first-order chi connectivity index (χ1) is 54.6. The van der Waals surface area contributed by atoms with E-state index in [4.69, 9.17) is 82.0 Å². The number of hydrogen-bond acceptors (Lipinski definition) is 14. The predicted molar refractivity (Wildman–Crippen MR) is 483 cm³/mol. The molecule has 3 amide bonds. The Morgan fingerprint density at radius 2 is 0.723 bits per heavy atom. The molecule has 1 saturated heterocycles. The van der Waals surface area contributed by atoms with Crippen LogP contribution in [0.1, 0.15) is 188 Å². The van der Waals surface area contributed by atoms with Crippen LogP contribution in [-0.4, -0.2) is 137 Å². The Bertz CT molecular complexity index is 4740. The molecule has 0 unspecified atom stereocenters. The molecule has 4 aliphatic heterocycles. The number of fused-ring (bicyclic) bond motifs is 3. The number of carbonyl (C=O) groups excluding carboxylic acids is 3. The zero-order valence-electron chi connectivity index (χ0n) is 69.6. The number of benzene rings is 8. The third kappa shape index (κ3) is 24.0. The first-order valence-corrected chi connectivity index (χ1v) is 42.2. The largest absolute Gasteiger partial charge is 0.496 e. The lowest BCUT2D eigenvalue weighted by Gasteiger charge is -2.38. The second-order valence-electron chi connectivity index (χ2n) is 34.4. The van der Waals surface area contributed by atoms with E-state index in [1.165, 1.54) is 32.9 Å². The maximum Gasteiger partial charge on any atom is 0.496 e. The molecule has 27 heteroatoms. The van der Waals surface area contributed by atoms with Gasteiger partial charge in [0.2, 0.25) is 0 Å². The van der Waals surface area contributed by atoms with E-state index in [0.717, 1.165) is 27.8 Å². The van der Waals surface area contributed by atoms with Gasteiger partial charge in [0.1, 0.15) is 51.5 Å². The highest BCUT2D eigenvalue weighted by atomic mass is 127. The highest BCUT2D eigenvalue weighted by molar-refractivity contribution is 14.1. The first kappa shape index (κ1) is 99.3. The second kappa shape index (κ2) is 40.2. The topological polar surface area (TPSA) is 173 Å². The van der Waals surface area contributed by atoms with E-state index in [1.54, 1.807) is 41.9 Å². The lowest BCUT2D eigenvalue weighted by Crippen LogP contribution is -2.50. The molecule has 4 heterocycles. The van der Waals surface area contributed by atoms with Crippen molar-refractivity contribution in [3.63, 3.8) is 0 Å². The molecule has 6 atom stereocenters. The van der Waals surface area contributed by atoms with Gasteiger partial charge in [-0.2, -0.15) is 0 Å². The van der Waals surface area contributed by atoms with E-state index in [-0.39, 0.29) is 80.9 Å². The van der Waals surface area contributed by atoms with E-state index in [9.17, 15) is 28.3 Å². The number of aliphatic hydroxyl groups is 1. The molecule has 0 aliphatic carbocycles. The van der Waals surface area contributed by atoms with Crippen LogP contribution < -0.4 is 19.7 Å². The fraction of sp³-hybridized carbons (Fsp3) is 0.446.